The summed E-state index contributed by atoms with van der Waals surface area (Å²) in [6, 6.07) is 10.3. The molecule has 2 heterocycles. The highest BCUT2D eigenvalue weighted by Crippen LogP contribution is 2.27. The van der Waals surface area contributed by atoms with Crippen molar-refractivity contribution in [2.75, 3.05) is 19.0 Å². The van der Waals surface area contributed by atoms with E-state index in [1.165, 1.54) is 17.0 Å². The monoisotopic (exact) mass is 369 g/mol. The Kier molecular flexibility index (Phi) is 4.85. The predicted octanol–water partition coefficient (Wildman–Crippen LogP) is 2.86. The molecule has 2 aromatic heterocycles. The normalized spacial score (nSPS) is 11.0. The highest BCUT2D eigenvalue weighted by Gasteiger charge is 2.15. The summed E-state index contributed by atoms with van der Waals surface area (Å²) >= 11 is 5.20. The Bertz CT molecular complexity index is 1020. The SMILES string of the molecule is CN(C)c1ccc(C=Nn2c(-c3ccccn3)n[nH]c2=S)cc1[N+](=O)[O-]. The molecule has 3 rings (SSSR count). The molecule has 26 heavy (non-hydrogen) atoms. The third-order valence-corrected chi connectivity index (χ3v) is 3.81. The van der Waals surface area contributed by atoms with Crippen molar-refractivity contribution in [2.45, 2.75) is 0 Å². The van der Waals surface area contributed by atoms with E-state index in [-0.39, 0.29) is 5.69 Å². The number of benzene rings is 1. The highest BCUT2D eigenvalue weighted by atomic mass is 32.1. The summed E-state index contributed by atoms with van der Waals surface area (Å²) in [5.74, 6) is 0.450. The van der Waals surface area contributed by atoms with E-state index in [9.17, 15) is 10.1 Å². The first-order valence-corrected chi connectivity index (χ1v) is 7.97. The number of aromatic nitrogens is 4. The summed E-state index contributed by atoms with van der Waals surface area (Å²) in [7, 11) is 3.50. The summed E-state index contributed by atoms with van der Waals surface area (Å²) in [6.45, 7) is 0. The van der Waals surface area contributed by atoms with Crippen LogP contribution in [-0.2, 0) is 0 Å². The van der Waals surface area contributed by atoms with Gasteiger partial charge in [0.05, 0.1) is 11.1 Å². The molecule has 0 fully saturated rings. The van der Waals surface area contributed by atoms with Crippen LogP contribution >= 0.6 is 12.2 Å². The minimum absolute atomic E-state index is 0.000287. The standard InChI is InChI=1S/C16H15N7O2S/c1-21(2)13-7-6-11(9-14(13)23(24)25)10-18-22-15(19-20-16(22)26)12-5-3-4-8-17-12/h3-10H,1-2H3,(H,20,26). The Hall–Kier alpha value is -3.40. The first-order valence-electron chi connectivity index (χ1n) is 7.56. The Morgan fingerprint density at radius 1 is 1.35 bits per heavy atom. The molecule has 3 aromatic rings. The van der Waals surface area contributed by atoms with E-state index in [0.717, 1.165) is 0 Å². The molecule has 0 bridgehead atoms. The number of anilines is 1. The largest absolute Gasteiger partial charge is 0.372 e. The number of H-pyrrole nitrogens is 1. The molecule has 0 atom stereocenters. The number of nitrogens with zero attached hydrogens (tertiary/aromatic N) is 6. The smallest absolute Gasteiger partial charge is 0.293 e. The van der Waals surface area contributed by atoms with E-state index in [2.05, 4.69) is 20.3 Å². The van der Waals surface area contributed by atoms with Crippen molar-refractivity contribution in [3.63, 3.8) is 0 Å². The van der Waals surface area contributed by atoms with Crippen molar-refractivity contribution in [2.24, 2.45) is 5.10 Å². The summed E-state index contributed by atoms with van der Waals surface area (Å²) in [6.07, 6.45) is 3.13. The maximum absolute atomic E-state index is 11.3. The second kappa shape index (κ2) is 7.23. The van der Waals surface area contributed by atoms with E-state index in [0.29, 0.717) is 27.5 Å². The van der Waals surface area contributed by atoms with Crippen LogP contribution in [0.25, 0.3) is 11.5 Å². The maximum atomic E-state index is 11.3. The molecular weight excluding hydrogens is 354 g/mol. The van der Waals surface area contributed by atoms with Gasteiger partial charge in [-0.1, -0.05) is 12.1 Å². The molecule has 0 unspecified atom stereocenters. The van der Waals surface area contributed by atoms with Gasteiger partial charge in [-0.15, -0.1) is 0 Å². The Morgan fingerprint density at radius 2 is 2.15 bits per heavy atom. The van der Waals surface area contributed by atoms with Gasteiger partial charge in [-0.25, -0.2) is 5.10 Å². The van der Waals surface area contributed by atoms with Crippen molar-refractivity contribution in [3.8, 4) is 11.5 Å². The first-order chi connectivity index (χ1) is 12.5. The molecule has 1 aromatic carbocycles. The molecule has 1 N–H and O–H groups in total. The van der Waals surface area contributed by atoms with Gasteiger partial charge in [-0.2, -0.15) is 14.9 Å². The molecule has 0 aliphatic carbocycles. The molecule has 132 valence electrons. The van der Waals surface area contributed by atoms with Crippen LogP contribution < -0.4 is 4.90 Å². The van der Waals surface area contributed by atoms with E-state index in [4.69, 9.17) is 12.2 Å². The fourth-order valence-electron chi connectivity index (χ4n) is 2.33. The van der Waals surface area contributed by atoms with Gasteiger partial charge in [0, 0.05) is 31.9 Å². The number of rotatable bonds is 5. The predicted molar refractivity (Wildman–Crippen MR) is 101 cm³/mol. The van der Waals surface area contributed by atoms with E-state index in [1.807, 2.05) is 6.07 Å². The minimum Gasteiger partial charge on any atom is -0.372 e. The molecule has 0 aliphatic heterocycles. The van der Waals surface area contributed by atoms with Crippen LogP contribution in [0.4, 0.5) is 11.4 Å². The molecule has 0 spiro atoms. The average Bonchev–Trinajstić information content (AvgIpc) is 3.01. The van der Waals surface area contributed by atoms with E-state index < -0.39 is 4.92 Å². The molecule has 0 radical (unpaired) electrons. The van der Waals surface area contributed by atoms with Crippen LogP contribution in [0.5, 0.6) is 0 Å². The van der Waals surface area contributed by atoms with Gasteiger partial charge in [-0.05, 0) is 30.4 Å². The van der Waals surface area contributed by atoms with E-state index >= 15 is 0 Å². The number of pyridine rings is 1. The summed E-state index contributed by atoms with van der Waals surface area (Å²) in [5.41, 5.74) is 1.68. The number of nitro groups is 1. The molecule has 10 heteroatoms. The van der Waals surface area contributed by atoms with Crippen LogP contribution in [0.1, 0.15) is 5.56 Å². The lowest BCUT2D eigenvalue weighted by molar-refractivity contribution is -0.384. The minimum atomic E-state index is -0.421. The zero-order valence-electron chi connectivity index (χ0n) is 14.0. The highest BCUT2D eigenvalue weighted by molar-refractivity contribution is 7.71. The van der Waals surface area contributed by atoms with Crippen LogP contribution in [-0.4, -0.2) is 45.1 Å². The maximum Gasteiger partial charge on any atom is 0.293 e. The van der Waals surface area contributed by atoms with Crippen LogP contribution in [0.3, 0.4) is 0 Å². The lowest BCUT2D eigenvalue weighted by Crippen LogP contribution is -2.11. The van der Waals surface area contributed by atoms with Gasteiger partial charge < -0.3 is 4.90 Å². The quantitative estimate of drug-likeness (QED) is 0.321. The third-order valence-electron chi connectivity index (χ3n) is 3.54. The van der Waals surface area contributed by atoms with Crippen molar-refractivity contribution in [1.82, 2.24) is 19.9 Å². The van der Waals surface area contributed by atoms with Crippen molar-refractivity contribution >= 4 is 29.8 Å². The average molecular weight is 369 g/mol. The first kappa shape index (κ1) is 17.4. The molecular formula is C16H15N7O2S. The zero-order valence-corrected chi connectivity index (χ0v) is 14.8. The lowest BCUT2D eigenvalue weighted by Gasteiger charge is -2.12. The van der Waals surface area contributed by atoms with Crippen molar-refractivity contribution < 1.29 is 4.92 Å². The Morgan fingerprint density at radius 3 is 2.81 bits per heavy atom. The van der Waals surface area contributed by atoms with Gasteiger partial charge in [0.25, 0.3) is 5.69 Å². The fourth-order valence-corrected chi connectivity index (χ4v) is 2.51. The molecule has 0 saturated carbocycles. The van der Waals surface area contributed by atoms with Gasteiger partial charge in [0.15, 0.2) is 0 Å². The Balaban J connectivity index is 1.99. The van der Waals surface area contributed by atoms with Crippen molar-refractivity contribution in [3.05, 3.63) is 63.0 Å². The molecule has 0 aliphatic rings. The van der Waals surface area contributed by atoms with Crippen LogP contribution in [0.2, 0.25) is 0 Å². The number of nitrogens with one attached hydrogen (secondary N) is 1. The van der Waals surface area contributed by atoms with Gasteiger partial charge in [-0.3, -0.25) is 15.1 Å². The van der Waals surface area contributed by atoms with E-state index in [1.54, 1.807) is 49.5 Å². The van der Waals surface area contributed by atoms with Gasteiger partial charge in [0.1, 0.15) is 11.4 Å². The van der Waals surface area contributed by atoms with Gasteiger partial charge in [0.2, 0.25) is 10.6 Å². The lowest BCUT2D eigenvalue weighted by atomic mass is 10.2. The van der Waals surface area contributed by atoms with Crippen LogP contribution in [0, 0.1) is 14.9 Å². The molecule has 0 amide bonds. The summed E-state index contributed by atoms with van der Waals surface area (Å²) < 4.78 is 1.71. The number of aromatic amines is 1. The summed E-state index contributed by atoms with van der Waals surface area (Å²) in [5, 5.41) is 22.4. The number of hydrogen-bond acceptors (Lipinski definition) is 7. The Labute approximate surface area is 153 Å². The second-order valence-electron chi connectivity index (χ2n) is 5.52. The fraction of sp³-hybridized carbons (Fsp3) is 0.125. The zero-order chi connectivity index (χ0) is 18.7. The number of hydrogen-bond donors (Lipinski definition) is 1. The topological polar surface area (TPSA) is 105 Å². The van der Waals surface area contributed by atoms with Crippen LogP contribution in [0.15, 0.2) is 47.7 Å². The third kappa shape index (κ3) is 3.49. The molecule has 0 saturated heterocycles. The second-order valence-corrected chi connectivity index (χ2v) is 5.91. The number of nitro benzene ring substituents is 1. The summed E-state index contributed by atoms with van der Waals surface area (Å²) in [4.78, 5) is 16.8. The van der Waals surface area contributed by atoms with Gasteiger partial charge >= 0.3 is 0 Å². The van der Waals surface area contributed by atoms with Crippen molar-refractivity contribution in [1.29, 1.82) is 0 Å². The molecule has 9 nitrogen and oxygen atoms in total.